The zero-order chi connectivity index (χ0) is 12.2. The van der Waals surface area contributed by atoms with Crippen LogP contribution in [0.5, 0.6) is 0 Å². The molecule has 1 aromatic heterocycles. The molecule has 18 heavy (non-hydrogen) atoms. The second-order valence-electron chi connectivity index (χ2n) is 5.41. The highest BCUT2D eigenvalue weighted by molar-refractivity contribution is 5.43. The van der Waals surface area contributed by atoms with Crippen molar-refractivity contribution < 1.29 is 0 Å². The molecule has 1 saturated carbocycles. The normalized spacial score (nSPS) is 21.2. The van der Waals surface area contributed by atoms with Gasteiger partial charge in [0.15, 0.2) is 0 Å². The van der Waals surface area contributed by atoms with Crippen molar-refractivity contribution in [3.63, 3.8) is 0 Å². The van der Waals surface area contributed by atoms with Crippen LogP contribution in [-0.2, 0) is 0 Å². The summed E-state index contributed by atoms with van der Waals surface area (Å²) in [7, 11) is 0. The summed E-state index contributed by atoms with van der Waals surface area (Å²) in [5, 5.41) is 3.50. The van der Waals surface area contributed by atoms with Crippen molar-refractivity contribution in [3.05, 3.63) is 12.3 Å². The molecule has 0 amide bonds. The van der Waals surface area contributed by atoms with Gasteiger partial charge in [-0.1, -0.05) is 19.3 Å². The van der Waals surface area contributed by atoms with E-state index < -0.39 is 0 Å². The molecule has 2 aliphatic rings. The Kier molecular flexibility index (Phi) is 3.62. The number of rotatable bonds is 3. The van der Waals surface area contributed by atoms with Crippen LogP contribution in [-0.4, -0.2) is 29.1 Å². The topological polar surface area (TPSA) is 41.1 Å². The lowest BCUT2D eigenvalue weighted by Crippen LogP contribution is -2.24. The molecule has 0 spiro atoms. The molecule has 2 fully saturated rings. The summed E-state index contributed by atoms with van der Waals surface area (Å²) in [6, 6.07) is 2.60. The van der Waals surface area contributed by atoms with Crippen LogP contribution in [0.4, 0.5) is 11.8 Å². The third-order valence-corrected chi connectivity index (χ3v) is 4.01. The van der Waals surface area contributed by atoms with Gasteiger partial charge >= 0.3 is 0 Å². The third kappa shape index (κ3) is 2.74. The summed E-state index contributed by atoms with van der Waals surface area (Å²) in [4.78, 5) is 11.4. The molecule has 1 aromatic rings. The van der Waals surface area contributed by atoms with E-state index in [4.69, 9.17) is 0 Å². The summed E-state index contributed by atoms with van der Waals surface area (Å²) in [6.45, 7) is 2.28. The lowest BCUT2D eigenvalue weighted by atomic mass is 9.96. The van der Waals surface area contributed by atoms with Crippen LogP contribution in [0.2, 0.25) is 0 Å². The Labute approximate surface area is 109 Å². The van der Waals surface area contributed by atoms with E-state index >= 15 is 0 Å². The Balaban J connectivity index is 1.66. The molecule has 0 atom stereocenters. The predicted octanol–water partition coefficient (Wildman–Crippen LogP) is 2.82. The highest BCUT2D eigenvalue weighted by Crippen LogP contribution is 2.22. The average molecular weight is 246 g/mol. The molecule has 0 unspecified atom stereocenters. The van der Waals surface area contributed by atoms with Crippen LogP contribution >= 0.6 is 0 Å². The van der Waals surface area contributed by atoms with Gasteiger partial charge in [0.25, 0.3) is 0 Å². The van der Waals surface area contributed by atoms with Gasteiger partial charge in [-0.3, -0.25) is 0 Å². The third-order valence-electron chi connectivity index (χ3n) is 4.01. The molecule has 1 saturated heterocycles. The molecular weight excluding hydrogens is 224 g/mol. The quantitative estimate of drug-likeness (QED) is 0.890. The van der Waals surface area contributed by atoms with Gasteiger partial charge in [-0.2, -0.15) is 4.98 Å². The van der Waals surface area contributed by atoms with Crippen LogP contribution in [0.15, 0.2) is 12.3 Å². The average Bonchev–Trinajstić information content (AvgIpc) is 2.94. The molecular formula is C14H22N4. The Morgan fingerprint density at radius 2 is 1.83 bits per heavy atom. The Morgan fingerprint density at radius 1 is 1.06 bits per heavy atom. The van der Waals surface area contributed by atoms with Crippen molar-refractivity contribution in [2.45, 2.75) is 51.0 Å². The lowest BCUT2D eigenvalue weighted by Gasteiger charge is -2.23. The van der Waals surface area contributed by atoms with Gasteiger partial charge < -0.3 is 10.2 Å². The number of hydrogen-bond donors (Lipinski definition) is 1. The van der Waals surface area contributed by atoms with Crippen molar-refractivity contribution >= 4 is 11.8 Å². The van der Waals surface area contributed by atoms with Crippen LogP contribution in [0, 0.1) is 0 Å². The van der Waals surface area contributed by atoms with Crippen molar-refractivity contribution in [3.8, 4) is 0 Å². The number of aromatic nitrogens is 2. The number of anilines is 2. The summed E-state index contributed by atoms with van der Waals surface area (Å²) in [5.41, 5.74) is 0. The summed E-state index contributed by atoms with van der Waals surface area (Å²) < 4.78 is 0. The van der Waals surface area contributed by atoms with Crippen molar-refractivity contribution in [1.29, 1.82) is 0 Å². The summed E-state index contributed by atoms with van der Waals surface area (Å²) >= 11 is 0. The van der Waals surface area contributed by atoms with Crippen molar-refractivity contribution in [2.24, 2.45) is 0 Å². The highest BCUT2D eigenvalue weighted by atomic mass is 15.2. The molecule has 2 heterocycles. The molecule has 0 radical (unpaired) electrons. The van der Waals surface area contributed by atoms with E-state index in [9.17, 15) is 0 Å². The van der Waals surface area contributed by atoms with Crippen molar-refractivity contribution in [1.82, 2.24) is 9.97 Å². The maximum absolute atomic E-state index is 4.65. The zero-order valence-electron chi connectivity index (χ0n) is 10.9. The van der Waals surface area contributed by atoms with Gasteiger partial charge in [0, 0.05) is 25.3 Å². The minimum Gasteiger partial charge on any atom is -0.356 e. The van der Waals surface area contributed by atoms with E-state index in [0.717, 1.165) is 24.9 Å². The van der Waals surface area contributed by atoms with Crippen molar-refractivity contribution in [2.75, 3.05) is 23.3 Å². The first-order valence-corrected chi connectivity index (χ1v) is 7.26. The molecule has 98 valence electrons. The van der Waals surface area contributed by atoms with Gasteiger partial charge in [0.1, 0.15) is 5.82 Å². The fraction of sp³-hybridized carbons (Fsp3) is 0.714. The monoisotopic (exact) mass is 246 g/mol. The van der Waals surface area contributed by atoms with Crippen LogP contribution < -0.4 is 10.2 Å². The fourth-order valence-corrected chi connectivity index (χ4v) is 2.97. The van der Waals surface area contributed by atoms with E-state index in [0.29, 0.717) is 6.04 Å². The first-order valence-electron chi connectivity index (χ1n) is 7.26. The van der Waals surface area contributed by atoms with E-state index in [1.54, 1.807) is 0 Å². The minimum atomic E-state index is 0.576. The molecule has 0 bridgehead atoms. The molecule has 3 rings (SSSR count). The van der Waals surface area contributed by atoms with Gasteiger partial charge in [0.05, 0.1) is 0 Å². The predicted molar refractivity (Wildman–Crippen MR) is 74.0 cm³/mol. The SMILES string of the molecule is c1cc(N2CCCC2)nc(NC2CCCCC2)n1. The van der Waals surface area contributed by atoms with E-state index in [-0.39, 0.29) is 0 Å². The number of nitrogens with zero attached hydrogens (tertiary/aromatic N) is 3. The maximum atomic E-state index is 4.65. The maximum Gasteiger partial charge on any atom is 0.224 e. The highest BCUT2D eigenvalue weighted by Gasteiger charge is 2.16. The summed E-state index contributed by atoms with van der Waals surface area (Å²) in [5.74, 6) is 1.90. The minimum absolute atomic E-state index is 0.576. The fourth-order valence-electron chi connectivity index (χ4n) is 2.97. The molecule has 4 heteroatoms. The Hall–Kier alpha value is -1.32. The van der Waals surface area contributed by atoms with Crippen LogP contribution in [0.1, 0.15) is 44.9 Å². The molecule has 1 aliphatic carbocycles. The Bertz CT molecular complexity index is 381. The lowest BCUT2D eigenvalue weighted by molar-refractivity contribution is 0.461. The van der Waals surface area contributed by atoms with Gasteiger partial charge in [-0.15, -0.1) is 0 Å². The van der Waals surface area contributed by atoms with E-state index in [2.05, 4.69) is 20.2 Å². The second-order valence-corrected chi connectivity index (χ2v) is 5.41. The Morgan fingerprint density at radius 3 is 2.61 bits per heavy atom. The standard InChI is InChI=1S/C14H22N4/c1-2-6-12(7-3-1)16-14-15-9-8-13(17-14)18-10-4-5-11-18/h8-9,12H,1-7,10-11H2,(H,15,16,17). The van der Waals surface area contributed by atoms with Gasteiger partial charge in [-0.05, 0) is 31.7 Å². The molecule has 1 aliphatic heterocycles. The molecule has 0 aromatic carbocycles. The smallest absolute Gasteiger partial charge is 0.224 e. The summed E-state index contributed by atoms with van der Waals surface area (Å²) in [6.07, 6.45) is 11.0. The van der Waals surface area contributed by atoms with Crippen LogP contribution in [0.3, 0.4) is 0 Å². The van der Waals surface area contributed by atoms with E-state index in [1.165, 1.54) is 44.9 Å². The van der Waals surface area contributed by atoms with E-state index in [1.807, 2.05) is 12.3 Å². The first-order chi connectivity index (χ1) is 8.92. The second kappa shape index (κ2) is 5.55. The largest absolute Gasteiger partial charge is 0.356 e. The number of hydrogen-bond acceptors (Lipinski definition) is 4. The zero-order valence-corrected chi connectivity index (χ0v) is 10.9. The number of nitrogens with one attached hydrogen (secondary N) is 1. The molecule has 1 N–H and O–H groups in total. The van der Waals surface area contributed by atoms with Gasteiger partial charge in [0.2, 0.25) is 5.95 Å². The molecule has 4 nitrogen and oxygen atoms in total. The van der Waals surface area contributed by atoms with Crippen LogP contribution in [0.25, 0.3) is 0 Å². The van der Waals surface area contributed by atoms with Gasteiger partial charge in [-0.25, -0.2) is 4.98 Å². The first kappa shape index (κ1) is 11.8.